The zero-order valence-electron chi connectivity index (χ0n) is 13.2. The molecule has 1 saturated heterocycles. The van der Waals surface area contributed by atoms with E-state index in [-0.39, 0.29) is 24.3 Å². The lowest BCUT2D eigenvalue weighted by Crippen LogP contribution is -2.46. The molecule has 1 aliphatic heterocycles. The van der Waals surface area contributed by atoms with Crippen molar-refractivity contribution in [3.8, 4) is 0 Å². The third-order valence-electron chi connectivity index (χ3n) is 4.39. The Hall–Kier alpha value is -1.50. The first-order chi connectivity index (χ1) is 11.1. The molecule has 1 atom stereocenters. The zero-order valence-corrected chi connectivity index (χ0v) is 13.2. The van der Waals surface area contributed by atoms with Crippen molar-refractivity contribution >= 4 is 5.91 Å². The van der Waals surface area contributed by atoms with E-state index >= 15 is 0 Å². The number of ether oxygens (including phenoxy) is 1. The van der Waals surface area contributed by atoms with Crippen molar-refractivity contribution in [1.82, 2.24) is 9.80 Å². The van der Waals surface area contributed by atoms with Gasteiger partial charge >= 0.3 is 0 Å². The number of amides is 1. The quantitative estimate of drug-likeness (QED) is 0.855. The Balaban J connectivity index is 1.59. The first-order valence-corrected chi connectivity index (χ1v) is 8.16. The Bertz CT molecular complexity index is 527. The van der Waals surface area contributed by atoms with Gasteiger partial charge in [-0.25, -0.2) is 4.39 Å². The smallest absolute Gasteiger partial charge is 0.237 e. The standard InChI is InChI=1S/C17H23FN2O3/c18-14-3-1-13(2-4-14)16(21)11-20(15-5-6-15)17(22)12-19-7-9-23-10-8-19/h1-4,15-16,21H,5-12H2. The molecule has 1 aliphatic carbocycles. The van der Waals surface area contributed by atoms with Crippen LogP contribution in [0.5, 0.6) is 0 Å². The minimum absolute atomic E-state index is 0.0514. The summed E-state index contributed by atoms with van der Waals surface area (Å²) < 4.78 is 18.3. The molecule has 2 aliphatic rings. The number of aliphatic hydroxyl groups is 1. The van der Waals surface area contributed by atoms with Crippen LogP contribution in [0.25, 0.3) is 0 Å². The highest BCUT2D eigenvalue weighted by atomic mass is 19.1. The minimum atomic E-state index is -0.787. The lowest BCUT2D eigenvalue weighted by atomic mass is 10.1. The molecule has 1 unspecified atom stereocenters. The number of hydrogen-bond donors (Lipinski definition) is 1. The molecule has 2 fully saturated rings. The number of carbonyl (C=O) groups excluding carboxylic acids is 1. The molecule has 0 aromatic heterocycles. The van der Waals surface area contributed by atoms with E-state index < -0.39 is 6.10 Å². The third kappa shape index (κ3) is 4.50. The molecule has 23 heavy (non-hydrogen) atoms. The molecule has 5 nitrogen and oxygen atoms in total. The number of nitrogens with zero attached hydrogens (tertiary/aromatic N) is 2. The molecule has 1 amide bonds. The van der Waals surface area contributed by atoms with Crippen LogP contribution in [-0.4, -0.2) is 66.2 Å². The summed E-state index contributed by atoms with van der Waals surface area (Å²) in [6.45, 7) is 3.49. The zero-order chi connectivity index (χ0) is 16.2. The number of benzene rings is 1. The van der Waals surface area contributed by atoms with E-state index in [1.54, 1.807) is 17.0 Å². The van der Waals surface area contributed by atoms with Crippen molar-refractivity contribution in [1.29, 1.82) is 0 Å². The molecule has 1 saturated carbocycles. The summed E-state index contributed by atoms with van der Waals surface area (Å²) in [6.07, 6.45) is 1.19. The van der Waals surface area contributed by atoms with Gasteiger partial charge in [0.1, 0.15) is 5.82 Å². The van der Waals surface area contributed by atoms with Gasteiger partial charge in [-0.2, -0.15) is 0 Å². The fourth-order valence-electron chi connectivity index (χ4n) is 2.86. The fraction of sp³-hybridized carbons (Fsp3) is 0.588. The average molecular weight is 322 g/mol. The van der Waals surface area contributed by atoms with E-state index in [1.807, 2.05) is 0 Å². The molecule has 1 aromatic carbocycles. The first-order valence-electron chi connectivity index (χ1n) is 8.16. The van der Waals surface area contributed by atoms with Gasteiger partial charge in [-0.05, 0) is 30.5 Å². The number of aliphatic hydroxyl groups excluding tert-OH is 1. The molecule has 0 spiro atoms. The Morgan fingerprint density at radius 1 is 1.30 bits per heavy atom. The first kappa shape index (κ1) is 16.4. The Kier molecular flexibility index (Phi) is 5.25. The van der Waals surface area contributed by atoms with Crippen molar-refractivity contribution < 1.29 is 19.0 Å². The van der Waals surface area contributed by atoms with Crippen molar-refractivity contribution in [2.75, 3.05) is 39.4 Å². The highest BCUT2D eigenvalue weighted by Crippen LogP contribution is 2.29. The van der Waals surface area contributed by atoms with Crippen LogP contribution in [0.3, 0.4) is 0 Å². The monoisotopic (exact) mass is 322 g/mol. The molecule has 1 heterocycles. The second kappa shape index (κ2) is 7.38. The summed E-state index contributed by atoms with van der Waals surface area (Å²) in [6, 6.07) is 6.03. The van der Waals surface area contributed by atoms with Gasteiger partial charge in [-0.1, -0.05) is 12.1 Å². The number of rotatable bonds is 6. The Labute approximate surface area is 135 Å². The second-order valence-corrected chi connectivity index (χ2v) is 6.23. The van der Waals surface area contributed by atoms with E-state index in [4.69, 9.17) is 4.74 Å². The predicted molar refractivity (Wildman–Crippen MR) is 83.4 cm³/mol. The van der Waals surface area contributed by atoms with Gasteiger partial charge < -0.3 is 14.7 Å². The molecule has 6 heteroatoms. The minimum Gasteiger partial charge on any atom is -0.387 e. The van der Waals surface area contributed by atoms with Crippen LogP contribution < -0.4 is 0 Å². The van der Waals surface area contributed by atoms with Crippen molar-refractivity contribution in [3.63, 3.8) is 0 Å². The van der Waals surface area contributed by atoms with Crippen LogP contribution in [0.1, 0.15) is 24.5 Å². The molecular weight excluding hydrogens is 299 g/mol. The lowest BCUT2D eigenvalue weighted by molar-refractivity contribution is -0.135. The van der Waals surface area contributed by atoms with Gasteiger partial charge in [0.05, 0.1) is 32.4 Å². The number of carbonyl (C=O) groups is 1. The second-order valence-electron chi connectivity index (χ2n) is 6.23. The normalized spacial score (nSPS) is 20.3. The molecule has 0 radical (unpaired) electrons. The largest absolute Gasteiger partial charge is 0.387 e. The number of morpholine rings is 1. The summed E-state index contributed by atoms with van der Waals surface area (Å²) >= 11 is 0. The van der Waals surface area contributed by atoms with Gasteiger partial charge in [0.2, 0.25) is 5.91 Å². The third-order valence-corrected chi connectivity index (χ3v) is 4.39. The molecule has 3 rings (SSSR count). The van der Waals surface area contributed by atoms with Crippen molar-refractivity contribution in [2.45, 2.75) is 25.0 Å². The lowest BCUT2D eigenvalue weighted by Gasteiger charge is -2.30. The van der Waals surface area contributed by atoms with Crippen molar-refractivity contribution in [3.05, 3.63) is 35.6 Å². The summed E-state index contributed by atoms with van der Waals surface area (Å²) in [7, 11) is 0. The maximum atomic E-state index is 13.0. The fourth-order valence-corrected chi connectivity index (χ4v) is 2.86. The highest BCUT2D eigenvalue weighted by molar-refractivity contribution is 5.79. The average Bonchev–Trinajstić information content (AvgIpc) is 3.38. The van der Waals surface area contributed by atoms with Crippen molar-refractivity contribution in [2.24, 2.45) is 0 Å². The van der Waals surface area contributed by atoms with E-state index in [9.17, 15) is 14.3 Å². The Morgan fingerprint density at radius 2 is 1.96 bits per heavy atom. The molecule has 0 bridgehead atoms. The highest BCUT2D eigenvalue weighted by Gasteiger charge is 2.34. The maximum absolute atomic E-state index is 13.0. The van der Waals surface area contributed by atoms with E-state index in [2.05, 4.69) is 4.90 Å². The Morgan fingerprint density at radius 3 is 2.57 bits per heavy atom. The summed E-state index contributed by atoms with van der Waals surface area (Å²) in [5.41, 5.74) is 0.635. The molecular formula is C17H23FN2O3. The van der Waals surface area contributed by atoms with Gasteiger partial charge in [0.25, 0.3) is 0 Å². The van der Waals surface area contributed by atoms with Gasteiger partial charge in [0, 0.05) is 19.1 Å². The van der Waals surface area contributed by atoms with Crippen LogP contribution in [0.15, 0.2) is 24.3 Å². The van der Waals surface area contributed by atoms with Gasteiger partial charge in [-0.15, -0.1) is 0 Å². The summed E-state index contributed by atoms with van der Waals surface area (Å²) in [5, 5.41) is 10.4. The van der Waals surface area contributed by atoms with Crippen LogP contribution in [0, 0.1) is 5.82 Å². The van der Waals surface area contributed by atoms with Gasteiger partial charge in [-0.3, -0.25) is 9.69 Å². The summed E-state index contributed by atoms with van der Waals surface area (Å²) in [4.78, 5) is 16.5. The number of halogens is 1. The van der Waals surface area contributed by atoms with Crippen LogP contribution >= 0.6 is 0 Å². The van der Waals surface area contributed by atoms with E-state index in [0.717, 1.165) is 25.9 Å². The topological polar surface area (TPSA) is 53.0 Å². The summed E-state index contributed by atoms with van der Waals surface area (Å²) in [5.74, 6) is -0.279. The van der Waals surface area contributed by atoms with Crippen LogP contribution in [-0.2, 0) is 9.53 Å². The predicted octanol–water partition coefficient (Wildman–Crippen LogP) is 1.18. The van der Waals surface area contributed by atoms with E-state index in [0.29, 0.717) is 25.3 Å². The van der Waals surface area contributed by atoms with Crippen LogP contribution in [0.2, 0.25) is 0 Å². The molecule has 1 aromatic rings. The van der Waals surface area contributed by atoms with Crippen LogP contribution in [0.4, 0.5) is 4.39 Å². The maximum Gasteiger partial charge on any atom is 0.237 e. The van der Waals surface area contributed by atoms with Gasteiger partial charge in [0.15, 0.2) is 0 Å². The SMILES string of the molecule is O=C(CN1CCOCC1)N(CC(O)c1ccc(F)cc1)C1CC1. The van der Waals surface area contributed by atoms with E-state index in [1.165, 1.54) is 12.1 Å². The number of hydrogen-bond acceptors (Lipinski definition) is 4. The molecule has 126 valence electrons. The molecule has 1 N–H and O–H groups in total.